The minimum absolute atomic E-state index is 0.211. The Balaban J connectivity index is 2.13. The topological polar surface area (TPSA) is 76.4 Å². The molecular formula is C9H11NO4S. The number of hydrogen-bond donors (Lipinski definition) is 1. The third-order valence-corrected chi connectivity index (χ3v) is 4.77. The Bertz CT molecular complexity index is 470. The maximum Gasteiger partial charge on any atom is 0.267 e. The molecule has 0 bridgehead atoms. The lowest BCUT2D eigenvalue weighted by Crippen LogP contribution is -2.38. The highest BCUT2D eigenvalue weighted by molar-refractivity contribution is 7.91. The van der Waals surface area contributed by atoms with Gasteiger partial charge in [-0.1, -0.05) is 0 Å². The van der Waals surface area contributed by atoms with Crippen LogP contribution in [-0.4, -0.2) is 19.1 Å². The molecule has 82 valence electrons. The molecule has 0 atom stereocenters. The van der Waals surface area contributed by atoms with Crippen molar-refractivity contribution in [2.45, 2.75) is 24.5 Å². The van der Waals surface area contributed by atoms with E-state index in [0.717, 1.165) is 0 Å². The van der Waals surface area contributed by atoms with Crippen LogP contribution in [0.1, 0.15) is 30.1 Å². The van der Waals surface area contributed by atoms with Gasteiger partial charge in [0, 0.05) is 0 Å². The molecule has 0 aromatic carbocycles. The molecule has 0 saturated heterocycles. The fourth-order valence-corrected chi connectivity index (χ4v) is 2.39. The summed E-state index contributed by atoms with van der Waals surface area (Å²) < 4.78 is 29.3. The van der Waals surface area contributed by atoms with Crippen molar-refractivity contribution in [3.63, 3.8) is 0 Å². The summed E-state index contributed by atoms with van der Waals surface area (Å²) in [5.41, 5.74) is 0.211. The Labute approximate surface area is 87.5 Å². The molecule has 0 spiro atoms. The minimum atomic E-state index is -3.55. The zero-order chi connectivity index (χ0) is 11.1. The molecule has 2 rings (SSSR count). The Kier molecular flexibility index (Phi) is 2.11. The SMILES string of the molecule is CC1(S(=O)(=O)NC(=O)c2ccoc2)CC1. The van der Waals surface area contributed by atoms with Crippen molar-refractivity contribution in [2.24, 2.45) is 0 Å². The molecule has 1 N–H and O–H groups in total. The summed E-state index contributed by atoms with van der Waals surface area (Å²) in [5.74, 6) is -0.642. The number of sulfonamides is 1. The van der Waals surface area contributed by atoms with Crippen LogP contribution < -0.4 is 4.72 Å². The lowest BCUT2D eigenvalue weighted by atomic mass is 10.3. The standard InChI is InChI=1S/C9H11NO4S/c1-9(3-4-9)15(12,13)10-8(11)7-2-5-14-6-7/h2,5-6H,3-4H2,1H3,(H,10,11). The molecule has 1 fully saturated rings. The Morgan fingerprint density at radius 1 is 1.53 bits per heavy atom. The third-order valence-electron chi connectivity index (χ3n) is 2.61. The van der Waals surface area contributed by atoms with Gasteiger partial charge in [-0.3, -0.25) is 4.79 Å². The summed E-state index contributed by atoms with van der Waals surface area (Å²) >= 11 is 0. The van der Waals surface area contributed by atoms with Crippen LogP contribution in [0.5, 0.6) is 0 Å². The van der Waals surface area contributed by atoms with E-state index < -0.39 is 20.7 Å². The van der Waals surface area contributed by atoms with Crippen LogP contribution in [0.3, 0.4) is 0 Å². The first-order valence-electron chi connectivity index (χ1n) is 4.53. The summed E-state index contributed by atoms with van der Waals surface area (Å²) in [6.45, 7) is 1.62. The van der Waals surface area contributed by atoms with Gasteiger partial charge in [0.2, 0.25) is 10.0 Å². The molecule has 6 heteroatoms. The zero-order valence-electron chi connectivity index (χ0n) is 8.19. The molecule has 1 saturated carbocycles. The average Bonchev–Trinajstić information content (AvgIpc) is 2.71. The first kappa shape index (κ1) is 10.2. The lowest BCUT2D eigenvalue weighted by molar-refractivity contribution is 0.0980. The number of rotatable bonds is 3. The predicted octanol–water partition coefficient (Wildman–Crippen LogP) is 0.892. The van der Waals surface area contributed by atoms with Crippen molar-refractivity contribution < 1.29 is 17.6 Å². The van der Waals surface area contributed by atoms with Gasteiger partial charge in [0.1, 0.15) is 6.26 Å². The van der Waals surface area contributed by atoms with Crippen LogP contribution in [0.4, 0.5) is 0 Å². The molecule has 0 radical (unpaired) electrons. The Morgan fingerprint density at radius 2 is 2.20 bits per heavy atom. The molecule has 1 heterocycles. The largest absolute Gasteiger partial charge is 0.472 e. The molecular weight excluding hydrogens is 218 g/mol. The summed E-state index contributed by atoms with van der Waals surface area (Å²) in [4.78, 5) is 11.4. The van der Waals surface area contributed by atoms with Crippen LogP contribution in [-0.2, 0) is 10.0 Å². The zero-order valence-corrected chi connectivity index (χ0v) is 9.00. The van der Waals surface area contributed by atoms with Crippen LogP contribution in [0.15, 0.2) is 23.0 Å². The number of carbonyl (C=O) groups is 1. The van der Waals surface area contributed by atoms with E-state index in [-0.39, 0.29) is 5.56 Å². The third kappa shape index (κ3) is 1.77. The lowest BCUT2D eigenvalue weighted by Gasteiger charge is -2.10. The normalized spacial score (nSPS) is 18.5. The molecule has 0 unspecified atom stereocenters. The summed E-state index contributed by atoms with van der Waals surface area (Å²) in [6, 6.07) is 1.42. The molecule has 1 aromatic heterocycles. The summed E-state index contributed by atoms with van der Waals surface area (Å²) in [5, 5.41) is 0. The number of nitrogens with one attached hydrogen (secondary N) is 1. The fraction of sp³-hybridized carbons (Fsp3) is 0.444. The van der Waals surface area contributed by atoms with Gasteiger partial charge in [-0.25, -0.2) is 13.1 Å². The molecule has 1 aliphatic rings. The fourth-order valence-electron chi connectivity index (χ4n) is 1.14. The average molecular weight is 229 g/mol. The quantitative estimate of drug-likeness (QED) is 0.835. The second kappa shape index (κ2) is 3.10. The number of carbonyl (C=O) groups excluding carboxylic acids is 1. The van der Waals surface area contributed by atoms with E-state index >= 15 is 0 Å². The van der Waals surface area contributed by atoms with Crippen molar-refractivity contribution in [3.05, 3.63) is 24.2 Å². The highest BCUT2D eigenvalue weighted by atomic mass is 32.2. The van der Waals surface area contributed by atoms with Gasteiger partial charge in [0.15, 0.2) is 0 Å². The van der Waals surface area contributed by atoms with Crippen molar-refractivity contribution in [1.82, 2.24) is 4.72 Å². The van der Waals surface area contributed by atoms with Crippen molar-refractivity contribution in [2.75, 3.05) is 0 Å². The number of amides is 1. The second-order valence-electron chi connectivity index (χ2n) is 3.90. The Hall–Kier alpha value is -1.30. The predicted molar refractivity (Wildman–Crippen MR) is 52.7 cm³/mol. The van der Waals surface area contributed by atoms with Gasteiger partial charge < -0.3 is 4.42 Å². The monoisotopic (exact) mass is 229 g/mol. The molecule has 1 aromatic rings. The van der Waals surface area contributed by atoms with Crippen LogP contribution in [0.25, 0.3) is 0 Å². The van der Waals surface area contributed by atoms with Gasteiger partial charge in [-0.15, -0.1) is 0 Å². The van der Waals surface area contributed by atoms with E-state index in [1.807, 2.05) is 4.72 Å². The first-order chi connectivity index (χ1) is 6.95. The van der Waals surface area contributed by atoms with E-state index in [2.05, 4.69) is 0 Å². The van der Waals surface area contributed by atoms with Gasteiger partial charge in [-0.05, 0) is 25.8 Å². The first-order valence-corrected chi connectivity index (χ1v) is 6.02. The summed E-state index contributed by atoms with van der Waals surface area (Å²) in [6.07, 6.45) is 3.72. The Morgan fingerprint density at radius 3 is 2.67 bits per heavy atom. The van der Waals surface area contributed by atoms with E-state index in [9.17, 15) is 13.2 Å². The second-order valence-corrected chi connectivity index (χ2v) is 6.09. The van der Waals surface area contributed by atoms with E-state index in [0.29, 0.717) is 12.8 Å². The van der Waals surface area contributed by atoms with Crippen molar-refractivity contribution in [3.8, 4) is 0 Å². The maximum atomic E-state index is 11.7. The van der Waals surface area contributed by atoms with Crippen LogP contribution in [0, 0.1) is 0 Å². The smallest absolute Gasteiger partial charge is 0.267 e. The number of hydrogen-bond acceptors (Lipinski definition) is 4. The highest BCUT2D eigenvalue weighted by Gasteiger charge is 2.50. The maximum absolute atomic E-state index is 11.7. The molecule has 0 aliphatic heterocycles. The molecule has 1 amide bonds. The molecule has 1 aliphatic carbocycles. The van der Waals surface area contributed by atoms with Crippen LogP contribution >= 0.6 is 0 Å². The summed E-state index contributed by atoms with van der Waals surface area (Å²) in [7, 11) is -3.55. The van der Waals surface area contributed by atoms with Gasteiger partial charge >= 0.3 is 0 Å². The molecule has 15 heavy (non-hydrogen) atoms. The van der Waals surface area contributed by atoms with Crippen molar-refractivity contribution in [1.29, 1.82) is 0 Å². The van der Waals surface area contributed by atoms with E-state index in [4.69, 9.17) is 4.42 Å². The van der Waals surface area contributed by atoms with Crippen molar-refractivity contribution >= 4 is 15.9 Å². The van der Waals surface area contributed by atoms with E-state index in [1.165, 1.54) is 18.6 Å². The van der Waals surface area contributed by atoms with Gasteiger partial charge in [0.25, 0.3) is 5.91 Å². The van der Waals surface area contributed by atoms with Crippen LogP contribution in [0.2, 0.25) is 0 Å². The highest BCUT2D eigenvalue weighted by Crippen LogP contribution is 2.42. The van der Waals surface area contributed by atoms with Gasteiger partial charge in [0.05, 0.1) is 16.6 Å². The minimum Gasteiger partial charge on any atom is -0.472 e. The van der Waals surface area contributed by atoms with E-state index in [1.54, 1.807) is 6.92 Å². The van der Waals surface area contributed by atoms with Gasteiger partial charge in [-0.2, -0.15) is 0 Å². The molecule has 5 nitrogen and oxygen atoms in total. The number of furan rings is 1.